The number of hydrogen-bond acceptors (Lipinski definition) is 2. The van der Waals surface area contributed by atoms with Gasteiger partial charge in [0.05, 0.1) is 0 Å². The number of carbonyl (C=O) groups excluding carboxylic acids is 2. The van der Waals surface area contributed by atoms with Crippen LogP contribution in [0.5, 0.6) is 0 Å². The lowest BCUT2D eigenvalue weighted by Crippen LogP contribution is -2.50. The van der Waals surface area contributed by atoms with Crippen LogP contribution >= 0.6 is 0 Å². The standard InChI is InChI=1S/C16H26N2O2/c1-16(2)8-5-12(6-9-16)18-10-7-13(19)17-14(15(18)20)11-3-4-11/h11-12,14H,3-10H2,1-2H3,(H,17,19). The number of nitrogens with zero attached hydrogens (tertiary/aromatic N) is 1. The van der Waals surface area contributed by atoms with E-state index < -0.39 is 0 Å². The smallest absolute Gasteiger partial charge is 0.245 e. The van der Waals surface area contributed by atoms with Crippen LogP contribution in [0, 0.1) is 11.3 Å². The second-order valence-electron chi connectivity index (χ2n) is 7.56. The van der Waals surface area contributed by atoms with Gasteiger partial charge in [0.15, 0.2) is 0 Å². The molecule has 1 N–H and O–H groups in total. The maximum atomic E-state index is 12.7. The van der Waals surface area contributed by atoms with Crippen molar-refractivity contribution < 1.29 is 9.59 Å². The van der Waals surface area contributed by atoms with Gasteiger partial charge in [-0.1, -0.05) is 13.8 Å². The van der Waals surface area contributed by atoms with Gasteiger partial charge in [0.2, 0.25) is 11.8 Å². The van der Waals surface area contributed by atoms with Crippen molar-refractivity contribution in [3.63, 3.8) is 0 Å². The van der Waals surface area contributed by atoms with Gasteiger partial charge in [0.1, 0.15) is 6.04 Å². The van der Waals surface area contributed by atoms with Crippen molar-refractivity contribution in [2.45, 2.75) is 70.9 Å². The maximum Gasteiger partial charge on any atom is 0.245 e. The Balaban J connectivity index is 1.71. The van der Waals surface area contributed by atoms with E-state index in [1.54, 1.807) is 0 Å². The first-order chi connectivity index (χ1) is 9.46. The third-order valence-electron chi connectivity index (χ3n) is 5.29. The first kappa shape index (κ1) is 13.9. The van der Waals surface area contributed by atoms with E-state index in [-0.39, 0.29) is 17.9 Å². The molecule has 1 heterocycles. The van der Waals surface area contributed by atoms with Crippen LogP contribution in [0.1, 0.15) is 58.8 Å². The molecule has 1 atom stereocenters. The van der Waals surface area contributed by atoms with Crippen molar-refractivity contribution >= 4 is 11.8 Å². The molecule has 4 heteroatoms. The van der Waals surface area contributed by atoms with Gasteiger partial charge >= 0.3 is 0 Å². The number of amides is 2. The Hall–Kier alpha value is -1.06. The Morgan fingerprint density at radius 1 is 1.10 bits per heavy atom. The molecular weight excluding hydrogens is 252 g/mol. The zero-order valence-corrected chi connectivity index (χ0v) is 12.7. The number of carbonyl (C=O) groups is 2. The SMILES string of the molecule is CC1(C)CCC(N2CCC(=O)NC(C3CC3)C2=O)CC1. The fourth-order valence-electron chi connectivity index (χ4n) is 3.63. The molecule has 112 valence electrons. The van der Waals surface area contributed by atoms with Crippen LogP contribution in [-0.2, 0) is 9.59 Å². The highest BCUT2D eigenvalue weighted by Crippen LogP contribution is 2.39. The Bertz CT molecular complexity index is 405. The van der Waals surface area contributed by atoms with Gasteiger partial charge in [-0.15, -0.1) is 0 Å². The molecule has 1 saturated heterocycles. The van der Waals surface area contributed by atoms with E-state index >= 15 is 0 Å². The maximum absolute atomic E-state index is 12.7. The summed E-state index contributed by atoms with van der Waals surface area (Å²) >= 11 is 0. The molecule has 0 spiro atoms. The summed E-state index contributed by atoms with van der Waals surface area (Å²) in [6.45, 7) is 5.23. The molecule has 0 aromatic carbocycles. The second-order valence-corrected chi connectivity index (χ2v) is 7.56. The zero-order valence-electron chi connectivity index (χ0n) is 12.7. The summed E-state index contributed by atoms with van der Waals surface area (Å²) in [5, 5.41) is 2.95. The molecular formula is C16H26N2O2. The minimum Gasteiger partial charge on any atom is -0.344 e. The van der Waals surface area contributed by atoms with Crippen molar-refractivity contribution in [3.05, 3.63) is 0 Å². The number of nitrogens with one attached hydrogen (secondary N) is 1. The quantitative estimate of drug-likeness (QED) is 0.841. The molecule has 3 aliphatic rings. The summed E-state index contributed by atoms with van der Waals surface area (Å²) in [5.74, 6) is 0.629. The van der Waals surface area contributed by atoms with Crippen LogP contribution in [0.15, 0.2) is 0 Å². The van der Waals surface area contributed by atoms with Gasteiger partial charge in [-0.05, 0) is 49.9 Å². The lowest BCUT2D eigenvalue weighted by Gasteiger charge is -2.40. The molecule has 0 bridgehead atoms. The fourth-order valence-corrected chi connectivity index (χ4v) is 3.63. The van der Waals surface area contributed by atoms with Crippen LogP contribution in [0.25, 0.3) is 0 Å². The molecule has 4 nitrogen and oxygen atoms in total. The van der Waals surface area contributed by atoms with Gasteiger partial charge in [-0.3, -0.25) is 9.59 Å². The molecule has 0 aromatic rings. The van der Waals surface area contributed by atoms with Gasteiger partial charge in [-0.25, -0.2) is 0 Å². The van der Waals surface area contributed by atoms with Crippen LogP contribution in [-0.4, -0.2) is 35.3 Å². The predicted octanol–water partition coefficient (Wildman–Crippen LogP) is 2.08. The highest BCUT2D eigenvalue weighted by molar-refractivity contribution is 5.90. The largest absolute Gasteiger partial charge is 0.344 e. The minimum atomic E-state index is -0.236. The third-order valence-corrected chi connectivity index (χ3v) is 5.29. The van der Waals surface area contributed by atoms with E-state index in [9.17, 15) is 9.59 Å². The number of hydrogen-bond donors (Lipinski definition) is 1. The van der Waals surface area contributed by atoms with E-state index in [2.05, 4.69) is 19.2 Å². The molecule has 2 aliphatic carbocycles. The summed E-state index contributed by atoms with van der Waals surface area (Å²) in [6.07, 6.45) is 7.17. The third kappa shape index (κ3) is 2.84. The highest BCUT2D eigenvalue weighted by atomic mass is 16.2. The average Bonchev–Trinajstić information content (AvgIpc) is 3.21. The van der Waals surface area contributed by atoms with Crippen molar-refractivity contribution in [1.82, 2.24) is 10.2 Å². The van der Waals surface area contributed by atoms with E-state index in [4.69, 9.17) is 0 Å². The Morgan fingerprint density at radius 2 is 1.75 bits per heavy atom. The topological polar surface area (TPSA) is 49.4 Å². The first-order valence-electron chi connectivity index (χ1n) is 8.06. The van der Waals surface area contributed by atoms with Gasteiger partial charge < -0.3 is 10.2 Å². The Labute approximate surface area is 121 Å². The molecule has 2 amide bonds. The predicted molar refractivity (Wildman–Crippen MR) is 77.0 cm³/mol. The Kier molecular flexibility index (Phi) is 3.51. The van der Waals surface area contributed by atoms with Gasteiger partial charge in [-0.2, -0.15) is 0 Å². The lowest BCUT2D eigenvalue weighted by molar-refractivity contribution is -0.137. The molecule has 2 saturated carbocycles. The number of rotatable bonds is 2. The van der Waals surface area contributed by atoms with Crippen LogP contribution in [0.2, 0.25) is 0 Å². The Morgan fingerprint density at radius 3 is 2.35 bits per heavy atom. The van der Waals surface area contributed by atoms with E-state index in [0.29, 0.717) is 30.3 Å². The monoisotopic (exact) mass is 278 g/mol. The van der Waals surface area contributed by atoms with E-state index in [1.807, 2.05) is 4.90 Å². The molecule has 0 radical (unpaired) electrons. The van der Waals surface area contributed by atoms with Gasteiger partial charge in [0.25, 0.3) is 0 Å². The van der Waals surface area contributed by atoms with E-state index in [0.717, 1.165) is 25.7 Å². The van der Waals surface area contributed by atoms with E-state index in [1.165, 1.54) is 12.8 Å². The summed E-state index contributed by atoms with van der Waals surface area (Å²) in [4.78, 5) is 26.6. The molecule has 3 rings (SSSR count). The molecule has 20 heavy (non-hydrogen) atoms. The fraction of sp³-hybridized carbons (Fsp3) is 0.875. The van der Waals surface area contributed by atoms with Crippen LogP contribution in [0.3, 0.4) is 0 Å². The second kappa shape index (κ2) is 5.05. The van der Waals surface area contributed by atoms with Crippen LogP contribution < -0.4 is 5.32 Å². The van der Waals surface area contributed by atoms with Crippen molar-refractivity contribution in [2.75, 3.05) is 6.54 Å². The lowest BCUT2D eigenvalue weighted by atomic mass is 9.75. The summed E-state index contributed by atoms with van der Waals surface area (Å²) in [6, 6.07) is 0.115. The highest BCUT2D eigenvalue weighted by Gasteiger charge is 2.43. The molecule has 0 aromatic heterocycles. The molecule has 1 aliphatic heterocycles. The van der Waals surface area contributed by atoms with Crippen LogP contribution in [0.4, 0.5) is 0 Å². The first-order valence-corrected chi connectivity index (χ1v) is 8.06. The van der Waals surface area contributed by atoms with Crippen molar-refractivity contribution in [2.24, 2.45) is 11.3 Å². The van der Waals surface area contributed by atoms with Crippen molar-refractivity contribution in [1.29, 1.82) is 0 Å². The summed E-state index contributed by atoms with van der Waals surface area (Å²) < 4.78 is 0. The zero-order chi connectivity index (χ0) is 14.3. The normalized spacial score (nSPS) is 31.9. The summed E-state index contributed by atoms with van der Waals surface area (Å²) in [7, 11) is 0. The van der Waals surface area contributed by atoms with Crippen molar-refractivity contribution in [3.8, 4) is 0 Å². The van der Waals surface area contributed by atoms with Gasteiger partial charge in [0, 0.05) is 19.0 Å². The molecule has 3 fully saturated rings. The average molecular weight is 278 g/mol. The molecule has 1 unspecified atom stereocenters. The minimum absolute atomic E-state index is 0.0499. The summed E-state index contributed by atoms with van der Waals surface area (Å²) in [5.41, 5.74) is 0.412.